The maximum atomic E-state index is 5.65. The van der Waals surface area contributed by atoms with Crippen molar-refractivity contribution in [2.75, 3.05) is 19.9 Å². The van der Waals surface area contributed by atoms with E-state index in [4.69, 9.17) is 9.47 Å². The zero-order chi connectivity index (χ0) is 15.9. The molecule has 0 spiro atoms. The number of aryl methyl sites for hydroxylation is 1. The summed E-state index contributed by atoms with van der Waals surface area (Å²) < 4.78 is 13.6. The fourth-order valence-electron chi connectivity index (χ4n) is 4.35. The molecule has 5 nitrogen and oxygen atoms in total. The lowest BCUT2D eigenvalue weighted by Gasteiger charge is -2.20. The Morgan fingerprint density at radius 3 is 3.12 bits per heavy atom. The van der Waals surface area contributed by atoms with Crippen molar-refractivity contribution < 1.29 is 9.47 Å². The molecule has 0 N–H and O–H groups in total. The second-order valence-electron chi connectivity index (χ2n) is 7.08. The van der Waals surface area contributed by atoms with Crippen LogP contribution in [0.5, 0.6) is 11.5 Å². The van der Waals surface area contributed by atoms with Gasteiger partial charge in [-0.05, 0) is 38.2 Å². The third kappa shape index (κ3) is 2.38. The molecule has 1 aromatic carbocycles. The Balaban J connectivity index is 1.31. The third-order valence-electron chi connectivity index (χ3n) is 5.57. The zero-order valence-electron chi connectivity index (χ0n) is 13.9. The first-order chi connectivity index (χ1) is 11.9. The second-order valence-corrected chi connectivity index (χ2v) is 7.08. The van der Waals surface area contributed by atoms with E-state index in [1.54, 1.807) is 0 Å². The summed E-state index contributed by atoms with van der Waals surface area (Å²) in [4.78, 5) is 7.19. The molecule has 24 heavy (non-hydrogen) atoms. The monoisotopic (exact) mass is 325 g/mol. The molecular weight excluding hydrogens is 302 g/mol. The highest BCUT2D eigenvalue weighted by Gasteiger charge is 2.28. The van der Waals surface area contributed by atoms with E-state index in [2.05, 4.69) is 32.9 Å². The number of ether oxygens (including phenoxy) is 2. The van der Waals surface area contributed by atoms with Crippen molar-refractivity contribution in [1.82, 2.24) is 14.5 Å². The van der Waals surface area contributed by atoms with Crippen molar-refractivity contribution in [1.29, 1.82) is 0 Å². The molecule has 1 aliphatic carbocycles. The van der Waals surface area contributed by atoms with Gasteiger partial charge in [0.25, 0.3) is 0 Å². The minimum absolute atomic E-state index is 0.343. The smallest absolute Gasteiger partial charge is 0.231 e. The van der Waals surface area contributed by atoms with Crippen LogP contribution in [0.25, 0.3) is 0 Å². The first-order valence-electron chi connectivity index (χ1n) is 9.03. The lowest BCUT2D eigenvalue weighted by molar-refractivity contribution is 0.172. The van der Waals surface area contributed by atoms with Crippen LogP contribution in [0.3, 0.4) is 0 Å². The molecule has 0 radical (unpaired) electrons. The van der Waals surface area contributed by atoms with E-state index in [9.17, 15) is 0 Å². The Morgan fingerprint density at radius 2 is 2.12 bits per heavy atom. The maximum Gasteiger partial charge on any atom is 0.231 e. The Labute approximate surface area is 142 Å². The number of aromatic nitrogens is 2. The van der Waals surface area contributed by atoms with Crippen LogP contribution in [0, 0.1) is 0 Å². The van der Waals surface area contributed by atoms with Gasteiger partial charge in [-0.25, -0.2) is 4.98 Å². The Kier molecular flexibility index (Phi) is 3.47. The zero-order valence-corrected chi connectivity index (χ0v) is 13.9. The van der Waals surface area contributed by atoms with E-state index in [1.165, 1.54) is 42.6 Å². The minimum atomic E-state index is 0.343. The molecule has 0 bridgehead atoms. The van der Waals surface area contributed by atoms with Crippen LogP contribution in [0.15, 0.2) is 24.5 Å². The van der Waals surface area contributed by atoms with Crippen molar-refractivity contribution in [2.24, 2.45) is 0 Å². The van der Waals surface area contributed by atoms with E-state index in [1.807, 2.05) is 6.07 Å². The van der Waals surface area contributed by atoms with Gasteiger partial charge in [-0.3, -0.25) is 4.90 Å². The number of hydrogen-bond donors (Lipinski definition) is 0. The summed E-state index contributed by atoms with van der Waals surface area (Å²) >= 11 is 0. The molecule has 2 aromatic rings. The lowest BCUT2D eigenvalue weighted by Crippen LogP contribution is -2.22. The standard InChI is InChI=1S/C19H23N3O2/c1-2-6-17-16(5-1)20-12-22(17)15-8-9-21(11-15)10-14-4-3-7-18-19(14)24-13-23-18/h3-4,7,12,15H,1-2,5-6,8-11,13H2. The van der Waals surface area contributed by atoms with E-state index < -0.39 is 0 Å². The van der Waals surface area contributed by atoms with Gasteiger partial charge in [-0.1, -0.05) is 12.1 Å². The van der Waals surface area contributed by atoms with Gasteiger partial charge < -0.3 is 14.0 Å². The van der Waals surface area contributed by atoms with Crippen LogP contribution >= 0.6 is 0 Å². The highest BCUT2D eigenvalue weighted by molar-refractivity contribution is 5.48. The molecule has 0 amide bonds. The highest BCUT2D eigenvalue weighted by Crippen LogP contribution is 2.37. The molecule has 5 rings (SSSR count). The molecular formula is C19H23N3O2. The molecule has 0 saturated carbocycles. The van der Waals surface area contributed by atoms with Crippen molar-refractivity contribution in [3.05, 3.63) is 41.5 Å². The third-order valence-corrected chi connectivity index (χ3v) is 5.57. The van der Waals surface area contributed by atoms with E-state index >= 15 is 0 Å². The Bertz CT molecular complexity index is 755. The number of fused-ring (bicyclic) bond motifs is 2. The first kappa shape index (κ1) is 14.3. The van der Waals surface area contributed by atoms with Crippen LogP contribution in [0.2, 0.25) is 0 Å². The van der Waals surface area contributed by atoms with Crippen molar-refractivity contribution >= 4 is 0 Å². The normalized spacial score (nSPS) is 22.8. The molecule has 3 aliphatic rings. The van der Waals surface area contributed by atoms with E-state index in [0.717, 1.165) is 37.6 Å². The average Bonchev–Trinajstić information content (AvgIpc) is 3.34. The number of likely N-dealkylation sites (tertiary alicyclic amines) is 1. The number of imidazole rings is 1. The maximum absolute atomic E-state index is 5.65. The largest absolute Gasteiger partial charge is 0.454 e. The van der Waals surface area contributed by atoms with Gasteiger partial charge in [-0.2, -0.15) is 0 Å². The molecule has 1 fully saturated rings. The molecule has 126 valence electrons. The topological polar surface area (TPSA) is 39.5 Å². The molecule has 1 atom stereocenters. The number of hydrogen-bond acceptors (Lipinski definition) is 4. The Morgan fingerprint density at radius 1 is 1.17 bits per heavy atom. The SMILES string of the molecule is c1cc(CN2CCC(n3cnc4c3CCCC4)C2)c2c(c1)OCO2. The van der Waals surface area contributed by atoms with Gasteiger partial charge in [-0.15, -0.1) is 0 Å². The van der Waals surface area contributed by atoms with Crippen LogP contribution in [0.1, 0.15) is 42.3 Å². The molecule has 1 saturated heterocycles. The molecule has 3 heterocycles. The van der Waals surface area contributed by atoms with E-state index in [-0.39, 0.29) is 0 Å². The van der Waals surface area contributed by atoms with Crippen molar-refractivity contribution in [3.63, 3.8) is 0 Å². The van der Waals surface area contributed by atoms with E-state index in [0.29, 0.717) is 12.8 Å². The summed E-state index contributed by atoms with van der Waals surface area (Å²) in [5.74, 6) is 1.81. The lowest BCUT2D eigenvalue weighted by atomic mass is 10.0. The predicted octanol–water partition coefficient (Wildman–Crippen LogP) is 2.94. The van der Waals surface area contributed by atoms with Crippen LogP contribution in [-0.2, 0) is 19.4 Å². The predicted molar refractivity (Wildman–Crippen MR) is 90.4 cm³/mol. The number of benzene rings is 1. The van der Waals surface area contributed by atoms with Crippen LogP contribution < -0.4 is 9.47 Å². The number of nitrogens with zero attached hydrogens (tertiary/aromatic N) is 3. The summed E-state index contributed by atoms with van der Waals surface area (Å²) in [6.45, 7) is 3.49. The van der Waals surface area contributed by atoms with Gasteiger partial charge >= 0.3 is 0 Å². The average molecular weight is 325 g/mol. The quantitative estimate of drug-likeness (QED) is 0.870. The fourth-order valence-corrected chi connectivity index (χ4v) is 4.35. The molecule has 1 unspecified atom stereocenters. The van der Waals surface area contributed by atoms with Crippen molar-refractivity contribution in [2.45, 2.75) is 44.7 Å². The summed E-state index contributed by atoms with van der Waals surface area (Å²) in [6, 6.07) is 6.76. The molecule has 2 aliphatic heterocycles. The number of rotatable bonds is 3. The molecule has 5 heteroatoms. The summed E-state index contributed by atoms with van der Waals surface area (Å²) in [5, 5.41) is 0. The summed E-state index contributed by atoms with van der Waals surface area (Å²) in [5.41, 5.74) is 4.06. The minimum Gasteiger partial charge on any atom is -0.454 e. The second kappa shape index (κ2) is 5.81. The first-order valence-corrected chi connectivity index (χ1v) is 9.03. The Hall–Kier alpha value is -2.01. The van der Waals surface area contributed by atoms with Crippen molar-refractivity contribution in [3.8, 4) is 11.5 Å². The van der Waals surface area contributed by atoms with Gasteiger partial charge in [0.05, 0.1) is 12.0 Å². The summed E-state index contributed by atoms with van der Waals surface area (Å²) in [6.07, 6.45) is 8.25. The van der Waals surface area contributed by atoms with Gasteiger partial charge in [0.1, 0.15) is 0 Å². The van der Waals surface area contributed by atoms with Gasteiger partial charge in [0.15, 0.2) is 11.5 Å². The summed E-state index contributed by atoms with van der Waals surface area (Å²) in [7, 11) is 0. The van der Waals surface area contributed by atoms with Crippen LogP contribution in [0.4, 0.5) is 0 Å². The van der Waals surface area contributed by atoms with Crippen LogP contribution in [-0.4, -0.2) is 34.3 Å². The fraction of sp³-hybridized carbons (Fsp3) is 0.526. The molecule has 1 aromatic heterocycles. The van der Waals surface area contributed by atoms with Gasteiger partial charge in [0.2, 0.25) is 6.79 Å². The highest BCUT2D eigenvalue weighted by atomic mass is 16.7. The number of para-hydroxylation sites is 1. The van der Waals surface area contributed by atoms with Gasteiger partial charge in [0, 0.05) is 36.9 Å².